The summed E-state index contributed by atoms with van der Waals surface area (Å²) in [5.74, 6) is -0.113. The summed E-state index contributed by atoms with van der Waals surface area (Å²) in [6, 6.07) is 5.87. The first kappa shape index (κ1) is 12.3. The van der Waals surface area contributed by atoms with Crippen LogP contribution in [0.1, 0.15) is 12.0 Å². The summed E-state index contributed by atoms with van der Waals surface area (Å²) >= 11 is 3.42. The molecule has 3 N–H and O–H groups in total. The Morgan fingerprint density at radius 2 is 2.24 bits per heavy atom. The molecule has 0 fully saturated rings. The number of carbonyl (C=O) groups is 1. The lowest BCUT2D eigenvalue weighted by Gasteiger charge is -2.12. The molecule has 1 aromatic rings. The molecule has 0 saturated heterocycles. The van der Waals surface area contributed by atoms with Crippen LogP contribution >= 0.6 is 15.9 Å². The van der Waals surface area contributed by atoms with Gasteiger partial charge in [0.2, 0.25) is 5.91 Å². The zero-order valence-corrected chi connectivity index (χ0v) is 11.2. The smallest absolute Gasteiger partial charge is 0.231 e. The second-order valence-corrected chi connectivity index (χ2v) is 5.22. The van der Waals surface area contributed by atoms with Crippen LogP contribution in [0.3, 0.4) is 0 Å². The van der Waals surface area contributed by atoms with E-state index in [9.17, 15) is 4.79 Å². The highest BCUT2D eigenvalue weighted by Gasteiger charge is 2.23. The molecule has 1 aliphatic carbocycles. The van der Waals surface area contributed by atoms with E-state index in [1.54, 1.807) is 0 Å². The number of carbonyl (C=O) groups excluding carboxylic acids is 1. The molecule has 3 nitrogen and oxygen atoms in total. The van der Waals surface area contributed by atoms with Crippen molar-refractivity contribution in [2.75, 3.05) is 5.32 Å². The maximum Gasteiger partial charge on any atom is 0.231 e. The highest BCUT2D eigenvalue weighted by molar-refractivity contribution is 9.10. The second-order valence-electron chi connectivity index (χ2n) is 4.36. The van der Waals surface area contributed by atoms with Crippen molar-refractivity contribution in [3.63, 3.8) is 0 Å². The Bertz CT molecular complexity index is 470. The number of rotatable bonds is 2. The zero-order valence-electron chi connectivity index (χ0n) is 9.61. The molecule has 0 aromatic heterocycles. The first-order valence-electron chi connectivity index (χ1n) is 5.57. The monoisotopic (exact) mass is 294 g/mol. The second kappa shape index (κ2) is 5.02. The minimum atomic E-state index is -0.114. The topological polar surface area (TPSA) is 55.1 Å². The molecule has 2 rings (SSSR count). The highest BCUT2D eigenvalue weighted by Crippen LogP contribution is 2.25. The number of anilines is 1. The lowest BCUT2D eigenvalue weighted by atomic mass is 10.1. The van der Waals surface area contributed by atoms with Gasteiger partial charge in [-0.15, -0.1) is 0 Å². The van der Waals surface area contributed by atoms with Crippen LogP contribution in [0.2, 0.25) is 0 Å². The molecule has 1 aliphatic rings. The zero-order chi connectivity index (χ0) is 12.4. The van der Waals surface area contributed by atoms with Crippen LogP contribution < -0.4 is 11.1 Å². The molecule has 1 amide bonds. The molecule has 2 unspecified atom stereocenters. The third-order valence-electron chi connectivity index (χ3n) is 2.83. The molecule has 0 radical (unpaired) electrons. The molecule has 0 saturated carbocycles. The maximum atomic E-state index is 12.0. The predicted octanol–water partition coefficient (Wildman–Crippen LogP) is 2.60. The third-order valence-corrected chi connectivity index (χ3v) is 3.52. The van der Waals surface area contributed by atoms with Gasteiger partial charge in [-0.1, -0.05) is 18.2 Å². The number of hydrogen-bond donors (Lipinski definition) is 2. The van der Waals surface area contributed by atoms with Crippen molar-refractivity contribution in [3.8, 4) is 0 Å². The number of benzene rings is 1. The third kappa shape index (κ3) is 2.96. The number of halogens is 1. The van der Waals surface area contributed by atoms with Crippen molar-refractivity contribution in [1.82, 2.24) is 0 Å². The molecule has 0 spiro atoms. The van der Waals surface area contributed by atoms with E-state index in [4.69, 9.17) is 5.73 Å². The quantitative estimate of drug-likeness (QED) is 0.824. The van der Waals surface area contributed by atoms with E-state index in [0.29, 0.717) is 6.42 Å². The van der Waals surface area contributed by atoms with Crippen molar-refractivity contribution < 1.29 is 4.79 Å². The SMILES string of the molecule is Cc1ccc(Br)c(NC(=O)C2C=CC(N)C2)c1. The molecule has 0 aliphatic heterocycles. The summed E-state index contributed by atoms with van der Waals surface area (Å²) in [5.41, 5.74) is 7.66. The van der Waals surface area contributed by atoms with Crippen LogP contribution in [0.4, 0.5) is 5.69 Å². The Kier molecular flexibility index (Phi) is 3.64. The molecule has 17 heavy (non-hydrogen) atoms. The maximum absolute atomic E-state index is 12.0. The van der Waals surface area contributed by atoms with Crippen molar-refractivity contribution >= 4 is 27.5 Å². The van der Waals surface area contributed by atoms with Crippen molar-refractivity contribution in [2.45, 2.75) is 19.4 Å². The van der Waals surface area contributed by atoms with Gasteiger partial charge in [0, 0.05) is 10.5 Å². The van der Waals surface area contributed by atoms with Crippen LogP contribution in [-0.4, -0.2) is 11.9 Å². The molecule has 2 atom stereocenters. The average Bonchev–Trinajstić information content (AvgIpc) is 2.70. The van der Waals surface area contributed by atoms with Gasteiger partial charge in [0.15, 0.2) is 0 Å². The predicted molar refractivity (Wildman–Crippen MR) is 72.7 cm³/mol. The fraction of sp³-hybridized carbons (Fsp3) is 0.308. The number of amides is 1. The van der Waals surface area contributed by atoms with Gasteiger partial charge in [-0.2, -0.15) is 0 Å². The van der Waals surface area contributed by atoms with Crippen LogP contribution in [-0.2, 0) is 4.79 Å². The van der Waals surface area contributed by atoms with E-state index in [1.165, 1.54) is 0 Å². The number of aryl methyl sites for hydroxylation is 1. The Morgan fingerprint density at radius 1 is 1.47 bits per heavy atom. The Morgan fingerprint density at radius 3 is 2.88 bits per heavy atom. The average molecular weight is 295 g/mol. The van der Waals surface area contributed by atoms with E-state index in [1.807, 2.05) is 37.3 Å². The Hall–Kier alpha value is -1.13. The minimum Gasteiger partial charge on any atom is -0.325 e. The van der Waals surface area contributed by atoms with Crippen LogP contribution in [0.25, 0.3) is 0 Å². The summed E-state index contributed by atoms with van der Waals surface area (Å²) in [6.07, 6.45) is 4.45. The molecule has 0 bridgehead atoms. The standard InChI is InChI=1S/C13H15BrN2O/c1-8-2-5-11(14)12(6-8)16-13(17)9-3-4-10(15)7-9/h2-6,9-10H,7,15H2,1H3,(H,16,17). The van der Waals surface area contributed by atoms with Crippen LogP contribution in [0.5, 0.6) is 0 Å². The van der Waals surface area contributed by atoms with Gasteiger partial charge >= 0.3 is 0 Å². The summed E-state index contributed by atoms with van der Waals surface area (Å²) in [4.78, 5) is 12.0. The van der Waals surface area contributed by atoms with Crippen molar-refractivity contribution in [3.05, 3.63) is 40.4 Å². The van der Waals surface area contributed by atoms with E-state index in [0.717, 1.165) is 15.7 Å². The fourth-order valence-corrected chi connectivity index (χ4v) is 2.23. The minimum absolute atomic E-state index is 0.000463. The van der Waals surface area contributed by atoms with E-state index < -0.39 is 0 Å². The number of hydrogen-bond acceptors (Lipinski definition) is 2. The molecule has 0 heterocycles. The van der Waals surface area contributed by atoms with E-state index in [-0.39, 0.29) is 17.9 Å². The van der Waals surface area contributed by atoms with Crippen molar-refractivity contribution in [1.29, 1.82) is 0 Å². The molecular formula is C13H15BrN2O. The van der Waals surface area contributed by atoms with E-state index in [2.05, 4.69) is 21.2 Å². The molecule has 90 valence electrons. The summed E-state index contributed by atoms with van der Waals surface area (Å²) < 4.78 is 0.891. The van der Waals surface area contributed by atoms with E-state index >= 15 is 0 Å². The lowest BCUT2D eigenvalue weighted by molar-refractivity contribution is -0.118. The highest BCUT2D eigenvalue weighted by atomic mass is 79.9. The molecule has 4 heteroatoms. The summed E-state index contributed by atoms with van der Waals surface area (Å²) in [6.45, 7) is 1.99. The lowest BCUT2D eigenvalue weighted by Crippen LogP contribution is -2.24. The van der Waals surface area contributed by atoms with Crippen LogP contribution in [0, 0.1) is 12.8 Å². The van der Waals surface area contributed by atoms with Gasteiger partial charge < -0.3 is 11.1 Å². The Labute approximate surface area is 109 Å². The normalized spacial score (nSPS) is 22.8. The number of nitrogens with two attached hydrogens (primary N) is 1. The first-order valence-corrected chi connectivity index (χ1v) is 6.36. The van der Waals surface area contributed by atoms with Crippen molar-refractivity contribution in [2.24, 2.45) is 11.7 Å². The van der Waals surface area contributed by atoms with Crippen LogP contribution in [0.15, 0.2) is 34.8 Å². The number of nitrogens with one attached hydrogen (secondary N) is 1. The van der Waals surface area contributed by atoms with Gasteiger partial charge in [0.1, 0.15) is 0 Å². The van der Waals surface area contributed by atoms with Gasteiger partial charge in [-0.3, -0.25) is 4.79 Å². The van der Waals surface area contributed by atoms with Gasteiger partial charge in [-0.05, 0) is 47.0 Å². The van der Waals surface area contributed by atoms with Gasteiger partial charge in [-0.25, -0.2) is 0 Å². The molecule has 1 aromatic carbocycles. The largest absolute Gasteiger partial charge is 0.325 e. The van der Waals surface area contributed by atoms with Gasteiger partial charge in [0.05, 0.1) is 11.6 Å². The van der Waals surface area contributed by atoms with Gasteiger partial charge in [0.25, 0.3) is 0 Å². The first-order chi connectivity index (χ1) is 8.06. The molecular weight excluding hydrogens is 280 g/mol. The summed E-state index contributed by atoms with van der Waals surface area (Å²) in [5, 5.41) is 2.92. The summed E-state index contributed by atoms with van der Waals surface area (Å²) in [7, 11) is 0. The Balaban J connectivity index is 2.08. The fourth-order valence-electron chi connectivity index (χ4n) is 1.88.